The van der Waals surface area contributed by atoms with Gasteiger partial charge in [-0.1, -0.05) is 0 Å². The second-order valence-corrected chi connectivity index (χ2v) is 8.75. The minimum absolute atomic E-state index is 0.0781. The molecule has 0 amide bonds. The first-order valence-corrected chi connectivity index (χ1v) is 10.1. The van der Waals surface area contributed by atoms with Crippen LogP contribution in [-0.4, -0.2) is 26.5 Å². The summed E-state index contributed by atoms with van der Waals surface area (Å²) in [6, 6.07) is 7.59. The predicted octanol–water partition coefficient (Wildman–Crippen LogP) is 3.92. The zero-order valence-electron chi connectivity index (χ0n) is 14.6. The average Bonchev–Trinajstić information content (AvgIpc) is 3.51. The minimum Gasteiger partial charge on any atom is -0.488 e. The Kier molecular flexibility index (Phi) is 4.43. The molecule has 0 bridgehead atoms. The van der Waals surface area contributed by atoms with Gasteiger partial charge < -0.3 is 9.47 Å². The first-order chi connectivity index (χ1) is 13.0. The number of aromatic nitrogens is 2. The summed E-state index contributed by atoms with van der Waals surface area (Å²) in [4.78, 5) is 8.61. The predicted molar refractivity (Wildman–Crippen MR) is 99.0 cm³/mol. The lowest BCUT2D eigenvalue weighted by atomic mass is 10.2. The Morgan fingerprint density at radius 3 is 2.74 bits per heavy atom. The topological polar surface area (TPSA) is 85.2 Å². The molecule has 0 radical (unpaired) electrons. The van der Waals surface area contributed by atoms with Crippen molar-refractivity contribution in [1.82, 2.24) is 9.97 Å². The zero-order chi connectivity index (χ0) is 19.0. The molecule has 27 heavy (non-hydrogen) atoms. The normalized spacial score (nSPS) is 16.1. The van der Waals surface area contributed by atoms with Gasteiger partial charge in [-0.25, -0.2) is 18.4 Å². The van der Waals surface area contributed by atoms with Crippen LogP contribution in [0.1, 0.15) is 18.4 Å². The number of rotatable bonds is 6. The standard InChI is InChI=1S/C19H18FN3O3S/c1-25-19-18-16(4-6-23-19)17(5-7-22-18)26-11-12-8-13(20)10-15(9-12)27(21,24)14-2-3-14/h4-10,14,21H,2-3,11H2,1H3. The fourth-order valence-corrected chi connectivity index (χ4v) is 4.73. The lowest BCUT2D eigenvalue weighted by Crippen LogP contribution is -2.07. The van der Waals surface area contributed by atoms with Crippen molar-refractivity contribution in [2.45, 2.75) is 29.6 Å². The van der Waals surface area contributed by atoms with Crippen molar-refractivity contribution in [2.75, 3.05) is 7.11 Å². The molecule has 0 spiro atoms. The fourth-order valence-electron chi connectivity index (χ4n) is 2.94. The molecule has 3 aromatic rings. The quantitative estimate of drug-likeness (QED) is 0.693. The Balaban J connectivity index is 1.63. The van der Waals surface area contributed by atoms with Gasteiger partial charge in [0.25, 0.3) is 0 Å². The minimum atomic E-state index is -2.97. The maximum atomic E-state index is 14.0. The van der Waals surface area contributed by atoms with E-state index in [1.165, 1.54) is 19.2 Å². The molecule has 0 aliphatic heterocycles. The molecule has 1 aromatic carbocycles. The number of ether oxygens (including phenoxy) is 2. The number of benzene rings is 1. The Labute approximate surface area is 156 Å². The summed E-state index contributed by atoms with van der Waals surface area (Å²) in [6.45, 7) is 0.0781. The Morgan fingerprint density at radius 1 is 1.22 bits per heavy atom. The average molecular weight is 387 g/mol. The molecule has 1 aliphatic carbocycles. The SMILES string of the molecule is COc1nccc2c(OCc3cc(F)cc(S(=N)(=O)C4CC4)c3)ccnc12. The highest BCUT2D eigenvalue weighted by Gasteiger charge is 2.34. The Morgan fingerprint density at radius 2 is 2.00 bits per heavy atom. The van der Waals surface area contributed by atoms with Crippen molar-refractivity contribution in [3.63, 3.8) is 0 Å². The molecule has 1 aliphatic rings. The van der Waals surface area contributed by atoms with Gasteiger partial charge in [-0.3, -0.25) is 4.98 Å². The van der Waals surface area contributed by atoms with Gasteiger partial charge >= 0.3 is 0 Å². The van der Waals surface area contributed by atoms with Crippen LogP contribution in [0.15, 0.2) is 47.6 Å². The van der Waals surface area contributed by atoms with Crippen molar-refractivity contribution in [3.8, 4) is 11.6 Å². The van der Waals surface area contributed by atoms with Crippen molar-refractivity contribution in [1.29, 1.82) is 4.78 Å². The van der Waals surface area contributed by atoms with Gasteiger partial charge in [-0.05, 0) is 48.7 Å². The summed E-state index contributed by atoms with van der Waals surface area (Å²) in [6.07, 6.45) is 4.69. The van der Waals surface area contributed by atoms with Gasteiger partial charge in [0.15, 0.2) is 0 Å². The van der Waals surface area contributed by atoms with E-state index >= 15 is 0 Å². The van der Waals surface area contributed by atoms with Gasteiger partial charge in [0.1, 0.15) is 23.7 Å². The third-order valence-electron chi connectivity index (χ3n) is 4.45. The first kappa shape index (κ1) is 17.7. The molecule has 1 atom stereocenters. The van der Waals surface area contributed by atoms with Crippen LogP contribution in [0, 0.1) is 10.6 Å². The van der Waals surface area contributed by atoms with Crippen molar-refractivity contribution < 1.29 is 18.1 Å². The summed E-state index contributed by atoms with van der Waals surface area (Å²) in [7, 11) is -1.45. The smallest absolute Gasteiger partial charge is 0.240 e. The monoisotopic (exact) mass is 387 g/mol. The van der Waals surface area contributed by atoms with Gasteiger partial charge in [-0.15, -0.1) is 0 Å². The van der Waals surface area contributed by atoms with E-state index in [1.54, 1.807) is 30.6 Å². The number of hydrogen-bond donors (Lipinski definition) is 1. The molecule has 2 heterocycles. The Bertz CT molecular complexity index is 1110. The summed E-state index contributed by atoms with van der Waals surface area (Å²) in [5, 5.41) is 0.556. The van der Waals surface area contributed by atoms with E-state index in [4.69, 9.17) is 14.3 Å². The molecule has 1 N–H and O–H groups in total. The van der Waals surface area contributed by atoms with Crippen LogP contribution >= 0.6 is 0 Å². The summed E-state index contributed by atoms with van der Waals surface area (Å²) < 4.78 is 45.8. The van der Waals surface area contributed by atoms with E-state index in [-0.39, 0.29) is 16.8 Å². The second kappa shape index (κ2) is 6.77. The largest absolute Gasteiger partial charge is 0.488 e. The van der Waals surface area contributed by atoms with Crippen LogP contribution in [0.5, 0.6) is 11.6 Å². The molecule has 1 saturated carbocycles. The number of pyridine rings is 2. The molecule has 140 valence electrons. The highest BCUT2D eigenvalue weighted by Crippen LogP contribution is 2.35. The number of methoxy groups -OCH3 is 1. The molecule has 1 fully saturated rings. The van der Waals surface area contributed by atoms with E-state index in [0.29, 0.717) is 22.7 Å². The molecule has 2 aromatic heterocycles. The van der Waals surface area contributed by atoms with Crippen molar-refractivity contribution in [2.24, 2.45) is 0 Å². The van der Waals surface area contributed by atoms with Crippen LogP contribution in [0.3, 0.4) is 0 Å². The van der Waals surface area contributed by atoms with Gasteiger partial charge in [-0.2, -0.15) is 0 Å². The first-order valence-electron chi connectivity index (χ1n) is 8.46. The number of nitrogens with one attached hydrogen (secondary N) is 1. The number of fused-ring (bicyclic) bond motifs is 1. The van der Waals surface area contributed by atoms with Crippen LogP contribution in [0.25, 0.3) is 10.9 Å². The van der Waals surface area contributed by atoms with Gasteiger partial charge in [0.05, 0.1) is 21.7 Å². The number of halogens is 1. The van der Waals surface area contributed by atoms with Crippen molar-refractivity contribution >= 4 is 20.6 Å². The van der Waals surface area contributed by atoms with Gasteiger partial charge in [0, 0.05) is 23.0 Å². The molecule has 4 rings (SSSR count). The second-order valence-electron chi connectivity index (χ2n) is 6.41. The number of nitrogens with zero attached hydrogens (tertiary/aromatic N) is 2. The zero-order valence-corrected chi connectivity index (χ0v) is 15.5. The maximum absolute atomic E-state index is 14.0. The lowest BCUT2D eigenvalue weighted by molar-refractivity contribution is 0.308. The molecule has 8 heteroatoms. The molecule has 0 saturated heterocycles. The van der Waals surface area contributed by atoms with Crippen molar-refractivity contribution in [3.05, 3.63) is 54.1 Å². The highest BCUT2D eigenvalue weighted by molar-refractivity contribution is 7.93. The van der Waals surface area contributed by atoms with Gasteiger partial charge in [0.2, 0.25) is 5.88 Å². The van der Waals surface area contributed by atoms with E-state index in [0.717, 1.165) is 18.2 Å². The van der Waals surface area contributed by atoms with Crippen LogP contribution < -0.4 is 9.47 Å². The summed E-state index contributed by atoms with van der Waals surface area (Å²) in [5.41, 5.74) is 1.09. The molecule has 1 unspecified atom stereocenters. The van der Waals surface area contributed by atoms with Crippen LogP contribution in [0.2, 0.25) is 0 Å². The van der Waals surface area contributed by atoms with E-state index < -0.39 is 15.5 Å². The summed E-state index contributed by atoms with van der Waals surface area (Å²) in [5.74, 6) is 0.432. The third kappa shape index (κ3) is 3.44. The van der Waals surface area contributed by atoms with E-state index in [2.05, 4.69) is 9.97 Å². The molecular formula is C19H18FN3O3S. The number of hydrogen-bond acceptors (Lipinski definition) is 6. The fraction of sp³-hybridized carbons (Fsp3) is 0.263. The molecular weight excluding hydrogens is 369 g/mol. The lowest BCUT2D eigenvalue weighted by Gasteiger charge is -2.12. The van der Waals surface area contributed by atoms with E-state index in [1.807, 2.05) is 0 Å². The summed E-state index contributed by atoms with van der Waals surface area (Å²) >= 11 is 0. The Hall–Kier alpha value is -2.74. The van der Waals surface area contributed by atoms with Crippen LogP contribution in [0.4, 0.5) is 4.39 Å². The maximum Gasteiger partial charge on any atom is 0.240 e. The highest BCUT2D eigenvalue weighted by atomic mass is 32.2. The van der Waals surface area contributed by atoms with E-state index in [9.17, 15) is 8.60 Å². The third-order valence-corrected chi connectivity index (χ3v) is 6.79. The van der Waals surface area contributed by atoms with Crippen LogP contribution in [-0.2, 0) is 16.3 Å². The molecule has 6 nitrogen and oxygen atoms in total.